The molecule has 0 aliphatic rings. The van der Waals surface area contributed by atoms with Gasteiger partial charge in [0, 0.05) is 5.69 Å². The van der Waals surface area contributed by atoms with E-state index in [0.717, 1.165) is 33.9 Å². The van der Waals surface area contributed by atoms with Gasteiger partial charge in [-0.1, -0.05) is 72.4 Å². The highest BCUT2D eigenvalue weighted by atomic mass is 32.2. The number of hydrogen-bond donors (Lipinski definition) is 2. The van der Waals surface area contributed by atoms with Crippen LogP contribution < -0.4 is 5.32 Å². The van der Waals surface area contributed by atoms with Gasteiger partial charge in [-0.2, -0.15) is 0 Å². The average molecular weight is 373 g/mol. The van der Waals surface area contributed by atoms with Crippen LogP contribution in [0.4, 0.5) is 5.69 Å². The fourth-order valence-corrected chi connectivity index (χ4v) is 3.62. The van der Waals surface area contributed by atoms with Crippen LogP contribution in [0.3, 0.4) is 0 Å². The molecule has 1 aromatic heterocycles. The molecule has 5 heteroatoms. The lowest BCUT2D eigenvalue weighted by Gasteiger charge is -2.11. The molecule has 0 radical (unpaired) electrons. The van der Waals surface area contributed by atoms with Crippen molar-refractivity contribution < 1.29 is 4.79 Å². The van der Waals surface area contributed by atoms with E-state index in [-0.39, 0.29) is 5.91 Å². The van der Waals surface area contributed by atoms with Gasteiger partial charge in [0.2, 0.25) is 5.91 Å². The van der Waals surface area contributed by atoms with Crippen LogP contribution in [0.2, 0.25) is 0 Å². The smallest absolute Gasteiger partial charge is 0.234 e. The number of aromatic amines is 1. The van der Waals surface area contributed by atoms with Crippen LogP contribution in [0.15, 0.2) is 84.0 Å². The molecule has 27 heavy (non-hydrogen) atoms. The Kier molecular flexibility index (Phi) is 5.21. The van der Waals surface area contributed by atoms with Gasteiger partial charge in [0.15, 0.2) is 5.16 Å². The maximum Gasteiger partial charge on any atom is 0.234 e. The Labute approximate surface area is 162 Å². The highest BCUT2D eigenvalue weighted by molar-refractivity contribution is 7.99. The van der Waals surface area contributed by atoms with Crippen molar-refractivity contribution in [3.05, 3.63) is 90.0 Å². The number of imidazole rings is 1. The topological polar surface area (TPSA) is 57.8 Å². The fourth-order valence-electron chi connectivity index (χ4n) is 2.93. The molecule has 0 fully saturated rings. The number of nitrogens with zero attached hydrogens (tertiary/aromatic N) is 1. The Morgan fingerprint density at radius 3 is 2.52 bits per heavy atom. The molecular weight excluding hydrogens is 354 g/mol. The number of amides is 1. The SMILES string of the molecule is O=C(CSc1nc2ccccc2[nH]1)Nc1ccccc1Cc1ccccc1. The summed E-state index contributed by atoms with van der Waals surface area (Å²) >= 11 is 1.40. The van der Waals surface area contributed by atoms with Gasteiger partial charge in [-0.15, -0.1) is 0 Å². The monoisotopic (exact) mass is 373 g/mol. The number of nitrogens with one attached hydrogen (secondary N) is 2. The number of aromatic nitrogens is 2. The first-order valence-electron chi connectivity index (χ1n) is 8.77. The van der Waals surface area contributed by atoms with Gasteiger partial charge in [0.1, 0.15) is 0 Å². The summed E-state index contributed by atoms with van der Waals surface area (Å²) in [4.78, 5) is 20.2. The Bertz CT molecular complexity index is 1030. The van der Waals surface area contributed by atoms with Crippen LogP contribution in [0.1, 0.15) is 11.1 Å². The normalized spacial score (nSPS) is 10.8. The maximum atomic E-state index is 12.4. The molecule has 0 spiro atoms. The summed E-state index contributed by atoms with van der Waals surface area (Å²) < 4.78 is 0. The Morgan fingerprint density at radius 1 is 0.926 bits per heavy atom. The summed E-state index contributed by atoms with van der Waals surface area (Å²) in [7, 11) is 0. The molecule has 0 saturated heterocycles. The number of fused-ring (bicyclic) bond motifs is 1. The molecule has 3 aromatic carbocycles. The zero-order valence-electron chi connectivity index (χ0n) is 14.7. The summed E-state index contributed by atoms with van der Waals surface area (Å²) in [5.41, 5.74) is 5.07. The third kappa shape index (κ3) is 4.38. The quantitative estimate of drug-likeness (QED) is 0.473. The van der Waals surface area contributed by atoms with E-state index in [2.05, 4.69) is 33.5 Å². The highest BCUT2D eigenvalue weighted by Gasteiger charge is 2.10. The van der Waals surface area contributed by atoms with Crippen LogP contribution in [-0.2, 0) is 11.2 Å². The second kappa shape index (κ2) is 8.10. The standard InChI is InChI=1S/C22H19N3OS/c26-21(15-27-22-24-19-12-6-7-13-20(19)25-22)23-18-11-5-4-10-17(18)14-16-8-2-1-3-9-16/h1-13H,14-15H2,(H,23,26)(H,24,25). The van der Waals surface area contributed by atoms with Crippen LogP contribution in [0.5, 0.6) is 0 Å². The number of rotatable bonds is 6. The van der Waals surface area contributed by atoms with Crippen LogP contribution in [-0.4, -0.2) is 21.6 Å². The zero-order valence-corrected chi connectivity index (χ0v) is 15.5. The Hall–Kier alpha value is -3.05. The summed E-state index contributed by atoms with van der Waals surface area (Å²) in [5, 5.41) is 3.79. The van der Waals surface area contributed by atoms with Gasteiger partial charge in [0.25, 0.3) is 0 Å². The number of anilines is 1. The minimum Gasteiger partial charge on any atom is -0.333 e. The van der Waals surface area contributed by atoms with Crippen LogP contribution >= 0.6 is 11.8 Å². The summed E-state index contributed by atoms with van der Waals surface area (Å²) in [6, 6.07) is 26.0. The van der Waals surface area contributed by atoms with E-state index in [0.29, 0.717) is 5.75 Å². The molecular formula is C22H19N3OS. The first-order valence-corrected chi connectivity index (χ1v) is 9.76. The van der Waals surface area contributed by atoms with Gasteiger partial charge in [-0.05, 0) is 35.7 Å². The number of thioether (sulfide) groups is 1. The second-order valence-electron chi connectivity index (χ2n) is 6.22. The van der Waals surface area contributed by atoms with E-state index in [1.807, 2.05) is 60.7 Å². The number of hydrogen-bond acceptors (Lipinski definition) is 3. The van der Waals surface area contributed by atoms with E-state index in [9.17, 15) is 4.79 Å². The molecule has 0 unspecified atom stereocenters. The predicted molar refractivity (Wildman–Crippen MR) is 111 cm³/mol. The Balaban J connectivity index is 1.40. The van der Waals surface area contributed by atoms with Crippen molar-refractivity contribution in [1.29, 1.82) is 0 Å². The van der Waals surface area contributed by atoms with Crippen molar-refractivity contribution in [2.24, 2.45) is 0 Å². The maximum absolute atomic E-state index is 12.4. The van der Waals surface area contributed by atoms with Crippen molar-refractivity contribution in [2.45, 2.75) is 11.6 Å². The molecule has 4 aromatic rings. The van der Waals surface area contributed by atoms with Gasteiger partial charge in [-0.3, -0.25) is 4.79 Å². The lowest BCUT2D eigenvalue weighted by atomic mass is 10.0. The molecule has 134 valence electrons. The van der Waals surface area contributed by atoms with Crippen molar-refractivity contribution in [3.8, 4) is 0 Å². The van der Waals surface area contributed by atoms with Gasteiger partial charge < -0.3 is 10.3 Å². The molecule has 0 bridgehead atoms. The first-order chi connectivity index (χ1) is 13.3. The van der Waals surface area contributed by atoms with Gasteiger partial charge in [-0.25, -0.2) is 4.98 Å². The number of para-hydroxylation sites is 3. The van der Waals surface area contributed by atoms with Gasteiger partial charge in [0.05, 0.1) is 16.8 Å². The molecule has 0 saturated carbocycles. The van der Waals surface area contributed by atoms with E-state index in [1.54, 1.807) is 0 Å². The molecule has 0 aliphatic heterocycles. The molecule has 4 rings (SSSR count). The van der Waals surface area contributed by atoms with E-state index in [4.69, 9.17) is 0 Å². The highest BCUT2D eigenvalue weighted by Crippen LogP contribution is 2.22. The fraction of sp³-hybridized carbons (Fsp3) is 0.0909. The van der Waals surface area contributed by atoms with Crippen molar-refractivity contribution in [3.63, 3.8) is 0 Å². The predicted octanol–water partition coefficient (Wildman–Crippen LogP) is 4.88. The van der Waals surface area contributed by atoms with E-state index < -0.39 is 0 Å². The summed E-state index contributed by atoms with van der Waals surface area (Å²) in [6.07, 6.45) is 0.786. The number of H-pyrrole nitrogens is 1. The number of carbonyl (C=O) groups excluding carboxylic acids is 1. The minimum atomic E-state index is -0.0408. The lowest BCUT2D eigenvalue weighted by molar-refractivity contribution is -0.113. The number of benzene rings is 3. The average Bonchev–Trinajstić information content (AvgIpc) is 3.12. The molecule has 2 N–H and O–H groups in total. The third-order valence-electron chi connectivity index (χ3n) is 4.24. The second-order valence-corrected chi connectivity index (χ2v) is 7.18. The first kappa shape index (κ1) is 17.4. The number of carbonyl (C=O) groups is 1. The van der Waals surface area contributed by atoms with Crippen molar-refractivity contribution in [2.75, 3.05) is 11.1 Å². The van der Waals surface area contributed by atoms with Crippen molar-refractivity contribution in [1.82, 2.24) is 9.97 Å². The molecule has 0 aliphatic carbocycles. The molecule has 0 atom stereocenters. The minimum absolute atomic E-state index is 0.0408. The molecule has 1 amide bonds. The van der Waals surface area contributed by atoms with Crippen LogP contribution in [0.25, 0.3) is 11.0 Å². The van der Waals surface area contributed by atoms with Crippen LogP contribution in [0, 0.1) is 0 Å². The van der Waals surface area contributed by atoms with Gasteiger partial charge >= 0.3 is 0 Å². The molecule has 4 nitrogen and oxygen atoms in total. The van der Waals surface area contributed by atoms with Crippen molar-refractivity contribution >= 4 is 34.4 Å². The third-order valence-corrected chi connectivity index (χ3v) is 5.11. The summed E-state index contributed by atoms with van der Waals surface area (Å²) in [5.74, 6) is 0.264. The lowest BCUT2D eigenvalue weighted by Crippen LogP contribution is -2.15. The van der Waals surface area contributed by atoms with E-state index in [1.165, 1.54) is 17.3 Å². The summed E-state index contributed by atoms with van der Waals surface area (Å²) in [6.45, 7) is 0. The van der Waals surface area contributed by atoms with E-state index >= 15 is 0 Å². The Morgan fingerprint density at radius 2 is 1.67 bits per heavy atom. The zero-order chi connectivity index (χ0) is 18.5. The largest absolute Gasteiger partial charge is 0.333 e. The molecule has 1 heterocycles.